The molecule has 0 spiro atoms. The summed E-state index contributed by atoms with van der Waals surface area (Å²) in [5, 5.41) is 4.62. The van der Waals surface area contributed by atoms with Gasteiger partial charge in [-0.2, -0.15) is 0 Å². The first-order chi connectivity index (χ1) is 14.8. The molecule has 0 bridgehead atoms. The van der Waals surface area contributed by atoms with Crippen molar-refractivity contribution in [2.75, 3.05) is 45.2 Å². The molecule has 7 nitrogen and oxygen atoms in total. The van der Waals surface area contributed by atoms with Gasteiger partial charge in [-0.05, 0) is 56.0 Å². The standard InChI is InChI=1S/C23H32N6O/c1-25-21(8-9-24)18-4-7-22-20(14-18)23(28-16-27-22)26-15-17-2-5-19(6-3-17)29-10-12-30-13-11-29/h4,7-9,14,16-17,19H,2-3,5-6,10-13,15,24H2,1H3,(H,26,27,28). The second-order valence-electron chi connectivity index (χ2n) is 8.13. The molecule has 1 aromatic heterocycles. The molecule has 3 N–H and O–H groups in total. The highest BCUT2D eigenvalue weighted by atomic mass is 16.5. The molecule has 1 aliphatic heterocycles. The summed E-state index contributed by atoms with van der Waals surface area (Å²) in [4.78, 5) is 15.9. The van der Waals surface area contributed by atoms with E-state index in [1.807, 2.05) is 18.2 Å². The third-order valence-electron chi connectivity index (χ3n) is 6.36. The number of nitrogens with one attached hydrogen (secondary N) is 1. The number of allylic oxidation sites excluding steroid dienone is 1. The summed E-state index contributed by atoms with van der Waals surface area (Å²) in [5.74, 6) is 1.58. The zero-order chi connectivity index (χ0) is 20.8. The van der Waals surface area contributed by atoms with E-state index >= 15 is 0 Å². The minimum absolute atomic E-state index is 0.684. The van der Waals surface area contributed by atoms with Gasteiger partial charge >= 0.3 is 0 Å². The lowest BCUT2D eigenvalue weighted by Gasteiger charge is -2.38. The van der Waals surface area contributed by atoms with Crippen LogP contribution in [0.15, 0.2) is 41.8 Å². The zero-order valence-corrected chi connectivity index (χ0v) is 17.8. The Kier molecular flexibility index (Phi) is 6.92. The summed E-state index contributed by atoms with van der Waals surface area (Å²) < 4.78 is 5.50. The van der Waals surface area contributed by atoms with E-state index in [2.05, 4.69) is 31.2 Å². The fourth-order valence-corrected chi connectivity index (χ4v) is 4.65. The van der Waals surface area contributed by atoms with E-state index in [4.69, 9.17) is 10.5 Å². The van der Waals surface area contributed by atoms with E-state index in [1.165, 1.54) is 31.9 Å². The molecule has 0 unspecified atom stereocenters. The van der Waals surface area contributed by atoms with Gasteiger partial charge in [-0.15, -0.1) is 0 Å². The molecule has 4 rings (SSSR count). The first kappa shape index (κ1) is 20.8. The van der Waals surface area contributed by atoms with Crippen molar-refractivity contribution >= 4 is 22.4 Å². The molecule has 30 heavy (non-hydrogen) atoms. The number of nitrogens with two attached hydrogens (primary N) is 1. The highest BCUT2D eigenvalue weighted by Crippen LogP contribution is 2.29. The molecular weight excluding hydrogens is 376 g/mol. The fraction of sp³-hybridized carbons (Fsp3) is 0.522. The Morgan fingerprint density at radius 1 is 1.23 bits per heavy atom. The first-order valence-electron chi connectivity index (χ1n) is 10.9. The number of hydrogen-bond acceptors (Lipinski definition) is 7. The maximum atomic E-state index is 5.56. The number of fused-ring (bicyclic) bond motifs is 1. The lowest BCUT2D eigenvalue weighted by Crippen LogP contribution is -2.45. The number of nitrogens with zero attached hydrogens (tertiary/aromatic N) is 4. The predicted octanol–water partition coefficient (Wildman–Crippen LogP) is 2.82. The van der Waals surface area contributed by atoms with Crippen LogP contribution < -0.4 is 11.1 Å². The Bertz CT molecular complexity index is 898. The maximum absolute atomic E-state index is 5.56. The third-order valence-corrected chi connectivity index (χ3v) is 6.36. The third kappa shape index (κ3) is 4.79. The number of rotatable bonds is 6. The smallest absolute Gasteiger partial charge is 0.137 e. The Balaban J connectivity index is 1.40. The number of aromatic nitrogens is 2. The van der Waals surface area contributed by atoms with E-state index in [0.717, 1.165) is 66.9 Å². The van der Waals surface area contributed by atoms with Gasteiger partial charge in [0.1, 0.15) is 12.1 Å². The Hall–Kier alpha value is -2.51. The molecule has 160 valence electrons. The zero-order valence-electron chi connectivity index (χ0n) is 17.8. The van der Waals surface area contributed by atoms with Crippen LogP contribution in [0.3, 0.4) is 0 Å². The molecule has 1 saturated carbocycles. The van der Waals surface area contributed by atoms with Crippen molar-refractivity contribution < 1.29 is 4.74 Å². The predicted molar refractivity (Wildman–Crippen MR) is 122 cm³/mol. The summed E-state index contributed by atoms with van der Waals surface area (Å²) >= 11 is 0. The van der Waals surface area contributed by atoms with Crippen molar-refractivity contribution in [3.8, 4) is 0 Å². The monoisotopic (exact) mass is 408 g/mol. The molecule has 1 aliphatic carbocycles. The van der Waals surface area contributed by atoms with Gasteiger partial charge in [-0.3, -0.25) is 9.89 Å². The van der Waals surface area contributed by atoms with Gasteiger partial charge in [0.25, 0.3) is 0 Å². The minimum Gasteiger partial charge on any atom is -0.405 e. The van der Waals surface area contributed by atoms with E-state index in [-0.39, 0.29) is 0 Å². The summed E-state index contributed by atoms with van der Waals surface area (Å²) in [5.41, 5.74) is 8.35. The van der Waals surface area contributed by atoms with Crippen LogP contribution in [-0.4, -0.2) is 66.5 Å². The fourth-order valence-electron chi connectivity index (χ4n) is 4.65. The average molecular weight is 409 g/mol. The first-order valence-corrected chi connectivity index (χ1v) is 10.9. The van der Waals surface area contributed by atoms with E-state index in [0.29, 0.717) is 5.92 Å². The van der Waals surface area contributed by atoms with Gasteiger partial charge in [0.15, 0.2) is 0 Å². The number of anilines is 1. The van der Waals surface area contributed by atoms with Gasteiger partial charge in [0.05, 0.1) is 24.4 Å². The largest absolute Gasteiger partial charge is 0.405 e. The molecule has 0 radical (unpaired) electrons. The highest BCUT2D eigenvalue weighted by molar-refractivity contribution is 6.10. The van der Waals surface area contributed by atoms with Crippen LogP contribution in [0.2, 0.25) is 0 Å². The lowest BCUT2D eigenvalue weighted by atomic mass is 9.85. The Labute approximate surface area is 178 Å². The molecule has 2 aromatic rings. The van der Waals surface area contributed by atoms with Gasteiger partial charge < -0.3 is 15.8 Å². The van der Waals surface area contributed by atoms with Crippen molar-refractivity contribution in [1.82, 2.24) is 14.9 Å². The molecule has 2 fully saturated rings. The molecule has 2 heterocycles. The van der Waals surface area contributed by atoms with E-state index in [1.54, 1.807) is 13.4 Å². The summed E-state index contributed by atoms with van der Waals surface area (Å²) in [6.07, 6.45) is 10.0. The molecular formula is C23H32N6O. The quantitative estimate of drug-likeness (QED) is 0.715. The maximum Gasteiger partial charge on any atom is 0.137 e. The summed E-state index contributed by atoms with van der Waals surface area (Å²) in [7, 11) is 1.77. The lowest BCUT2D eigenvalue weighted by molar-refractivity contribution is 0.00540. The second kappa shape index (κ2) is 10.00. The minimum atomic E-state index is 0.684. The SMILES string of the molecule is CN=C(C=CN)c1ccc2ncnc(NCC3CCC(N4CCOCC4)CC3)c2c1. The van der Waals surface area contributed by atoms with Crippen LogP contribution in [0.5, 0.6) is 0 Å². The van der Waals surface area contributed by atoms with Crippen molar-refractivity contribution in [3.05, 3.63) is 42.4 Å². The molecule has 0 amide bonds. The Morgan fingerprint density at radius 3 is 2.77 bits per heavy atom. The van der Waals surface area contributed by atoms with Gasteiger partial charge in [-0.1, -0.05) is 6.07 Å². The molecule has 2 aliphatic rings. The number of ether oxygens (including phenoxy) is 1. The van der Waals surface area contributed by atoms with Gasteiger partial charge in [0, 0.05) is 43.7 Å². The Morgan fingerprint density at radius 2 is 2.03 bits per heavy atom. The molecule has 1 aromatic carbocycles. The van der Waals surface area contributed by atoms with Crippen LogP contribution in [0.25, 0.3) is 10.9 Å². The van der Waals surface area contributed by atoms with Gasteiger partial charge in [-0.25, -0.2) is 9.97 Å². The van der Waals surface area contributed by atoms with Crippen LogP contribution in [0.1, 0.15) is 31.2 Å². The van der Waals surface area contributed by atoms with Crippen molar-refractivity contribution in [2.45, 2.75) is 31.7 Å². The van der Waals surface area contributed by atoms with Gasteiger partial charge in [0.2, 0.25) is 0 Å². The summed E-state index contributed by atoms with van der Waals surface area (Å²) in [6, 6.07) is 6.86. The highest BCUT2D eigenvalue weighted by Gasteiger charge is 2.26. The van der Waals surface area contributed by atoms with E-state index in [9.17, 15) is 0 Å². The molecule has 0 atom stereocenters. The molecule has 7 heteroatoms. The average Bonchev–Trinajstić information content (AvgIpc) is 2.82. The number of benzene rings is 1. The van der Waals surface area contributed by atoms with Crippen LogP contribution in [0.4, 0.5) is 5.82 Å². The second-order valence-corrected chi connectivity index (χ2v) is 8.13. The normalized spacial score (nSPS) is 23.8. The summed E-state index contributed by atoms with van der Waals surface area (Å²) in [6.45, 7) is 4.89. The number of aliphatic imine (C=N–C) groups is 1. The van der Waals surface area contributed by atoms with Crippen molar-refractivity contribution in [3.63, 3.8) is 0 Å². The topological polar surface area (TPSA) is 88.7 Å². The number of morpholine rings is 1. The van der Waals surface area contributed by atoms with Crippen LogP contribution >= 0.6 is 0 Å². The number of hydrogen-bond donors (Lipinski definition) is 2. The molecule has 1 saturated heterocycles. The van der Waals surface area contributed by atoms with Crippen LogP contribution in [-0.2, 0) is 4.74 Å². The van der Waals surface area contributed by atoms with E-state index < -0.39 is 0 Å². The van der Waals surface area contributed by atoms with Crippen LogP contribution in [0, 0.1) is 5.92 Å². The van der Waals surface area contributed by atoms with Crippen molar-refractivity contribution in [1.29, 1.82) is 0 Å². The van der Waals surface area contributed by atoms with Crippen molar-refractivity contribution in [2.24, 2.45) is 16.6 Å².